The molecule has 3 N–H and O–H groups in total. The van der Waals surface area contributed by atoms with E-state index in [0.717, 1.165) is 70.6 Å². The van der Waals surface area contributed by atoms with E-state index >= 15 is 0 Å². The number of phosphoric acid groups is 1. The van der Waals surface area contributed by atoms with Crippen molar-refractivity contribution >= 4 is 13.7 Å². The summed E-state index contributed by atoms with van der Waals surface area (Å²) in [6, 6.07) is -0.882. The molecule has 0 fully saturated rings. The zero-order valence-corrected chi connectivity index (χ0v) is 50.2. The van der Waals surface area contributed by atoms with Crippen molar-refractivity contribution < 1.29 is 32.9 Å². The third-order valence-electron chi connectivity index (χ3n) is 13.9. The van der Waals surface area contributed by atoms with Crippen molar-refractivity contribution in [2.24, 2.45) is 0 Å². The Morgan fingerprint density at radius 1 is 0.459 bits per heavy atom. The molecule has 3 atom stereocenters. The number of allylic oxidation sites excluding steroid dienone is 11. The van der Waals surface area contributed by atoms with Gasteiger partial charge in [-0.2, -0.15) is 0 Å². The van der Waals surface area contributed by atoms with Crippen LogP contribution in [0.25, 0.3) is 0 Å². The van der Waals surface area contributed by atoms with Crippen LogP contribution in [-0.4, -0.2) is 73.4 Å². The molecule has 432 valence electrons. The van der Waals surface area contributed by atoms with Crippen molar-refractivity contribution in [2.45, 2.75) is 296 Å². The molecule has 8 nitrogen and oxygen atoms in total. The zero-order chi connectivity index (χ0) is 54.2. The smallest absolute Gasteiger partial charge is 0.387 e. The normalized spacial score (nSPS) is 14.3. The van der Waals surface area contributed by atoms with Crippen LogP contribution in [-0.2, 0) is 18.4 Å². The molecule has 0 bridgehead atoms. The first kappa shape index (κ1) is 71.9. The van der Waals surface area contributed by atoms with Gasteiger partial charge in [0.15, 0.2) is 0 Å². The van der Waals surface area contributed by atoms with E-state index in [2.05, 4.69) is 79.9 Å². The summed E-state index contributed by atoms with van der Waals surface area (Å²) in [5.74, 6) is -0.203. The SMILES string of the molecule is CCCCCCC/C=C\C/C=C\C/C=C\CCCCCCCCC(=O)NC(COP(=O)(O)OCC[N+](C)(C)C)C(O)/C=C/CC/C=C/CC/C=C/CCCCCCCCCCCCCCCCCCCCCCC. The Labute approximate surface area is 459 Å². The van der Waals surface area contributed by atoms with E-state index in [1.165, 1.54) is 193 Å². The number of carbonyl (C=O) groups excluding carboxylic acids is 1. The number of rotatable bonds is 57. The van der Waals surface area contributed by atoms with Gasteiger partial charge in [0.05, 0.1) is 39.9 Å². The van der Waals surface area contributed by atoms with Gasteiger partial charge < -0.3 is 19.8 Å². The molecule has 0 spiro atoms. The van der Waals surface area contributed by atoms with Crippen molar-refractivity contribution in [3.05, 3.63) is 72.9 Å². The quantitative estimate of drug-likeness (QED) is 0.0243. The van der Waals surface area contributed by atoms with Gasteiger partial charge in [-0.1, -0.05) is 267 Å². The molecule has 0 radical (unpaired) electrons. The number of quaternary nitrogens is 1. The van der Waals surface area contributed by atoms with E-state index in [-0.39, 0.29) is 19.1 Å². The van der Waals surface area contributed by atoms with E-state index in [1.54, 1.807) is 6.08 Å². The molecule has 0 aromatic carbocycles. The van der Waals surface area contributed by atoms with Gasteiger partial charge in [-0.05, 0) is 83.5 Å². The minimum Gasteiger partial charge on any atom is -0.387 e. The maximum atomic E-state index is 13.0. The summed E-state index contributed by atoms with van der Waals surface area (Å²) < 4.78 is 23.7. The highest BCUT2D eigenvalue weighted by molar-refractivity contribution is 7.47. The average Bonchev–Trinajstić information content (AvgIpc) is 3.36. The van der Waals surface area contributed by atoms with E-state index in [1.807, 2.05) is 27.2 Å². The molecule has 74 heavy (non-hydrogen) atoms. The molecule has 9 heteroatoms. The lowest BCUT2D eigenvalue weighted by Crippen LogP contribution is -2.45. The molecule has 0 aliphatic rings. The van der Waals surface area contributed by atoms with Gasteiger partial charge in [0.25, 0.3) is 0 Å². The average molecular weight is 1060 g/mol. The predicted octanol–water partition coefficient (Wildman–Crippen LogP) is 19.4. The van der Waals surface area contributed by atoms with Crippen LogP contribution in [0.2, 0.25) is 0 Å². The minimum absolute atomic E-state index is 0.0478. The Kier molecular flexibility index (Phi) is 54.1. The van der Waals surface area contributed by atoms with Crippen LogP contribution in [0.3, 0.4) is 0 Å². The fourth-order valence-electron chi connectivity index (χ4n) is 8.96. The van der Waals surface area contributed by atoms with Crippen molar-refractivity contribution in [1.82, 2.24) is 5.32 Å². The van der Waals surface area contributed by atoms with Gasteiger partial charge in [0, 0.05) is 6.42 Å². The Hall–Kier alpha value is -2.06. The van der Waals surface area contributed by atoms with Crippen molar-refractivity contribution in [1.29, 1.82) is 0 Å². The van der Waals surface area contributed by atoms with Crippen molar-refractivity contribution in [3.8, 4) is 0 Å². The molecule has 3 unspecified atom stereocenters. The summed E-state index contributed by atoms with van der Waals surface area (Å²) >= 11 is 0. The number of aliphatic hydroxyl groups excluding tert-OH is 1. The van der Waals surface area contributed by atoms with Crippen LogP contribution in [0, 0.1) is 0 Å². The maximum absolute atomic E-state index is 13.0. The Morgan fingerprint density at radius 2 is 0.784 bits per heavy atom. The molecular weight excluding hydrogens is 936 g/mol. The van der Waals surface area contributed by atoms with Crippen LogP contribution >= 0.6 is 7.82 Å². The second-order valence-corrected chi connectivity index (χ2v) is 23.9. The Balaban J connectivity index is 4.24. The molecule has 1 amide bonds. The highest BCUT2D eigenvalue weighted by Gasteiger charge is 2.27. The number of hydrogen-bond acceptors (Lipinski definition) is 5. The standard InChI is InChI=1S/C65H121N2O6P/c1-6-8-10-12-14-16-18-20-22-24-26-28-29-30-31-32-33-34-35-36-37-39-40-42-44-46-48-50-52-54-56-58-64(68)63(62-73-74(70,71)72-61-60-67(3,4)5)66-65(69)59-57-55-53-51-49-47-45-43-41-38-27-25-23-21-19-17-15-13-11-9-7-2/h19,21,25,27,40-43,48,50,56,58,63-64,68H,6-18,20,22-24,26,28-39,44-47,49,51-55,57,59-62H2,1-5H3,(H-,66,69,70,71)/p+1/b21-19-,27-25-,42-40+,43-41-,50-48+,58-56+. The lowest BCUT2D eigenvalue weighted by atomic mass is 10.0. The van der Waals surface area contributed by atoms with E-state index in [9.17, 15) is 19.4 Å². The highest BCUT2D eigenvalue weighted by Crippen LogP contribution is 2.43. The second kappa shape index (κ2) is 55.7. The van der Waals surface area contributed by atoms with Crippen LogP contribution in [0.15, 0.2) is 72.9 Å². The maximum Gasteiger partial charge on any atom is 0.472 e. The number of nitrogens with zero attached hydrogens (tertiary/aromatic N) is 1. The summed E-state index contributed by atoms with van der Waals surface area (Å²) in [7, 11) is 1.53. The molecular formula is C65H122N2O6P+. The van der Waals surface area contributed by atoms with Gasteiger partial charge in [-0.3, -0.25) is 13.8 Å². The monoisotopic (exact) mass is 1060 g/mol. The molecule has 0 rings (SSSR count). The van der Waals surface area contributed by atoms with E-state index < -0.39 is 20.0 Å². The summed E-state index contributed by atoms with van der Waals surface area (Å²) in [5, 5.41) is 13.9. The van der Waals surface area contributed by atoms with Gasteiger partial charge >= 0.3 is 7.82 Å². The van der Waals surface area contributed by atoms with Gasteiger partial charge in [0.2, 0.25) is 5.91 Å². The zero-order valence-electron chi connectivity index (χ0n) is 49.3. The minimum atomic E-state index is -4.37. The number of amides is 1. The highest BCUT2D eigenvalue weighted by atomic mass is 31.2. The fraction of sp³-hybridized carbons (Fsp3) is 0.800. The summed E-state index contributed by atoms with van der Waals surface area (Å²) in [6.07, 6.45) is 77.5. The van der Waals surface area contributed by atoms with Crippen LogP contribution in [0.5, 0.6) is 0 Å². The van der Waals surface area contributed by atoms with Crippen LogP contribution in [0.1, 0.15) is 284 Å². The third-order valence-corrected chi connectivity index (χ3v) is 14.9. The van der Waals surface area contributed by atoms with E-state index in [0.29, 0.717) is 17.4 Å². The molecule has 0 aromatic heterocycles. The topological polar surface area (TPSA) is 105 Å². The molecule has 0 saturated heterocycles. The first-order chi connectivity index (χ1) is 36.0. The fourth-order valence-corrected chi connectivity index (χ4v) is 9.70. The van der Waals surface area contributed by atoms with Gasteiger partial charge in [0.1, 0.15) is 13.2 Å². The summed E-state index contributed by atoms with van der Waals surface area (Å²) in [6.45, 7) is 4.79. The number of aliphatic hydroxyl groups is 1. The molecule has 0 aliphatic carbocycles. The predicted molar refractivity (Wildman–Crippen MR) is 323 cm³/mol. The molecule has 0 aromatic rings. The molecule has 0 heterocycles. The number of nitrogens with one attached hydrogen (secondary N) is 1. The molecule has 0 saturated carbocycles. The lowest BCUT2D eigenvalue weighted by molar-refractivity contribution is -0.870. The van der Waals surface area contributed by atoms with Crippen molar-refractivity contribution in [3.63, 3.8) is 0 Å². The largest absolute Gasteiger partial charge is 0.472 e. The van der Waals surface area contributed by atoms with E-state index in [4.69, 9.17) is 9.05 Å². The van der Waals surface area contributed by atoms with Crippen LogP contribution < -0.4 is 5.32 Å². The Bertz CT molecular complexity index is 1430. The second-order valence-electron chi connectivity index (χ2n) is 22.4. The number of phosphoric ester groups is 1. The van der Waals surface area contributed by atoms with Crippen molar-refractivity contribution in [2.75, 3.05) is 40.9 Å². The summed E-state index contributed by atoms with van der Waals surface area (Å²) in [4.78, 5) is 23.3. The third kappa shape index (κ3) is 57.6. The first-order valence-electron chi connectivity index (χ1n) is 31.3. The lowest BCUT2D eigenvalue weighted by Gasteiger charge is -2.25. The Morgan fingerprint density at radius 3 is 1.18 bits per heavy atom. The van der Waals surface area contributed by atoms with Gasteiger partial charge in [-0.25, -0.2) is 4.57 Å². The van der Waals surface area contributed by atoms with Gasteiger partial charge in [-0.15, -0.1) is 0 Å². The first-order valence-corrected chi connectivity index (χ1v) is 32.8. The number of likely N-dealkylation sites (N-methyl/N-ethyl adjacent to an activating group) is 1. The van der Waals surface area contributed by atoms with Crippen LogP contribution in [0.4, 0.5) is 0 Å². The molecule has 0 aliphatic heterocycles. The summed E-state index contributed by atoms with van der Waals surface area (Å²) in [5.41, 5.74) is 0. The number of hydrogen-bond donors (Lipinski definition) is 3. The number of unbranched alkanes of at least 4 members (excludes halogenated alkanes) is 34. The number of carbonyl (C=O) groups is 1.